The van der Waals surface area contributed by atoms with Crippen LogP contribution in [0, 0.1) is 5.92 Å². The molecule has 1 aromatic rings. The van der Waals surface area contributed by atoms with Crippen molar-refractivity contribution in [3.05, 3.63) is 34.3 Å². The van der Waals surface area contributed by atoms with Crippen LogP contribution in [0.5, 0.6) is 0 Å². The Labute approximate surface area is 123 Å². The van der Waals surface area contributed by atoms with Crippen LogP contribution < -0.4 is 5.32 Å². The second-order valence-corrected chi connectivity index (χ2v) is 6.28. The SMILES string of the molecule is CC1CCNC(C(=O)N(C)Cc2ccccc2Br)C1. The first-order valence-electron chi connectivity index (χ1n) is 6.79. The summed E-state index contributed by atoms with van der Waals surface area (Å²) in [5, 5.41) is 3.33. The van der Waals surface area contributed by atoms with Crippen LogP contribution in [0.2, 0.25) is 0 Å². The van der Waals surface area contributed by atoms with Crippen molar-refractivity contribution in [2.75, 3.05) is 13.6 Å². The van der Waals surface area contributed by atoms with Crippen LogP contribution >= 0.6 is 15.9 Å². The van der Waals surface area contributed by atoms with Crippen LogP contribution in [0.15, 0.2) is 28.7 Å². The van der Waals surface area contributed by atoms with Gasteiger partial charge < -0.3 is 10.2 Å². The number of halogens is 1. The van der Waals surface area contributed by atoms with E-state index in [1.54, 1.807) is 0 Å². The van der Waals surface area contributed by atoms with Gasteiger partial charge in [-0.15, -0.1) is 0 Å². The number of likely N-dealkylation sites (N-methyl/N-ethyl adjacent to an activating group) is 1. The molecule has 19 heavy (non-hydrogen) atoms. The fraction of sp³-hybridized carbons (Fsp3) is 0.533. The number of amides is 1. The van der Waals surface area contributed by atoms with E-state index in [2.05, 4.69) is 28.2 Å². The summed E-state index contributed by atoms with van der Waals surface area (Å²) < 4.78 is 1.06. The average molecular weight is 325 g/mol. The molecule has 2 atom stereocenters. The molecular formula is C15H21BrN2O. The maximum Gasteiger partial charge on any atom is 0.239 e. The number of nitrogens with zero attached hydrogens (tertiary/aromatic N) is 1. The van der Waals surface area contributed by atoms with Crippen LogP contribution in [0.4, 0.5) is 0 Å². The van der Waals surface area contributed by atoms with Crippen LogP contribution in [-0.4, -0.2) is 30.4 Å². The highest BCUT2D eigenvalue weighted by Gasteiger charge is 2.26. The van der Waals surface area contributed by atoms with Gasteiger partial charge in [0.05, 0.1) is 6.04 Å². The van der Waals surface area contributed by atoms with E-state index in [9.17, 15) is 4.79 Å². The molecule has 1 saturated heterocycles. The van der Waals surface area contributed by atoms with Gasteiger partial charge in [-0.25, -0.2) is 0 Å². The smallest absolute Gasteiger partial charge is 0.239 e. The zero-order valence-corrected chi connectivity index (χ0v) is 13.1. The Morgan fingerprint density at radius 2 is 2.21 bits per heavy atom. The van der Waals surface area contributed by atoms with E-state index >= 15 is 0 Å². The minimum atomic E-state index is -0.0174. The molecule has 0 spiro atoms. The second-order valence-electron chi connectivity index (χ2n) is 5.42. The van der Waals surface area contributed by atoms with E-state index in [0.29, 0.717) is 12.5 Å². The summed E-state index contributed by atoms with van der Waals surface area (Å²) in [5.41, 5.74) is 1.14. The molecule has 1 fully saturated rings. The molecule has 1 heterocycles. The Morgan fingerprint density at radius 3 is 2.89 bits per heavy atom. The van der Waals surface area contributed by atoms with E-state index in [1.165, 1.54) is 0 Å². The minimum absolute atomic E-state index is 0.0174. The van der Waals surface area contributed by atoms with Crippen molar-refractivity contribution in [3.8, 4) is 0 Å². The summed E-state index contributed by atoms with van der Waals surface area (Å²) in [4.78, 5) is 14.2. The Balaban J connectivity index is 1.97. The monoisotopic (exact) mass is 324 g/mol. The van der Waals surface area contributed by atoms with E-state index in [1.807, 2.05) is 36.2 Å². The average Bonchev–Trinajstić information content (AvgIpc) is 2.40. The maximum absolute atomic E-state index is 12.4. The van der Waals surface area contributed by atoms with Crippen LogP contribution in [-0.2, 0) is 11.3 Å². The molecule has 0 aromatic heterocycles. The van der Waals surface area contributed by atoms with Crippen molar-refractivity contribution in [2.24, 2.45) is 5.92 Å². The second kappa shape index (κ2) is 6.53. The Morgan fingerprint density at radius 1 is 1.47 bits per heavy atom. The molecule has 1 N–H and O–H groups in total. The van der Waals surface area contributed by atoms with Gasteiger partial charge in [0.15, 0.2) is 0 Å². The Bertz CT molecular complexity index is 450. The topological polar surface area (TPSA) is 32.3 Å². The van der Waals surface area contributed by atoms with Crippen molar-refractivity contribution >= 4 is 21.8 Å². The normalized spacial score (nSPS) is 23.1. The molecule has 3 nitrogen and oxygen atoms in total. The largest absolute Gasteiger partial charge is 0.340 e. The van der Waals surface area contributed by atoms with E-state index in [0.717, 1.165) is 29.4 Å². The highest BCUT2D eigenvalue weighted by atomic mass is 79.9. The lowest BCUT2D eigenvalue weighted by atomic mass is 9.93. The predicted molar refractivity (Wildman–Crippen MR) is 80.8 cm³/mol. The first-order chi connectivity index (χ1) is 9.08. The first-order valence-corrected chi connectivity index (χ1v) is 7.59. The summed E-state index contributed by atoms with van der Waals surface area (Å²) in [6, 6.07) is 8.02. The zero-order valence-electron chi connectivity index (χ0n) is 11.5. The molecule has 0 saturated carbocycles. The minimum Gasteiger partial charge on any atom is -0.340 e. The van der Waals surface area contributed by atoms with Gasteiger partial charge in [-0.05, 0) is 36.9 Å². The van der Waals surface area contributed by atoms with Crippen molar-refractivity contribution in [1.82, 2.24) is 10.2 Å². The van der Waals surface area contributed by atoms with Crippen LogP contribution in [0.3, 0.4) is 0 Å². The lowest BCUT2D eigenvalue weighted by molar-refractivity contribution is -0.133. The first kappa shape index (κ1) is 14.5. The van der Waals surface area contributed by atoms with Gasteiger partial charge in [0.2, 0.25) is 5.91 Å². The highest BCUT2D eigenvalue weighted by molar-refractivity contribution is 9.10. The van der Waals surface area contributed by atoms with Gasteiger partial charge in [0.1, 0.15) is 0 Å². The fourth-order valence-electron chi connectivity index (χ4n) is 2.52. The van der Waals surface area contributed by atoms with Crippen LogP contribution in [0.1, 0.15) is 25.3 Å². The number of rotatable bonds is 3. The molecule has 2 rings (SSSR count). The number of nitrogens with one attached hydrogen (secondary N) is 1. The Kier molecular flexibility index (Phi) is 4.99. The summed E-state index contributed by atoms with van der Waals surface area (Å²) in [5.74, 6) is 0.828. The van der Waals surface area contributed by atoms with Crippen molar-refractivity contribution < 1.29 is 4.79 Å². The standard InChI is InChI=1S/C15H21BrN2O/c1-11-7-8-17-14(9-11)15(19)18(2)10-12-5-3-4-6-13(12)16/h3-6,11,14,17H,7-10H2,1-2H3. The van der Waals surface area contributed by atoms with Crippen LogP contribution in [0.25, 0.3) is 0 Å². The lowest BCUT2D eigenvalue weighted by Crippen LogP contribution is -2.48. The van der Waals surface area contributed by atoms with Gasteiger partial charge in [-0.1, -0.05) is 41.1 Å². The number of piperidine rings is 1. The lowest BCUT2D eigenvalue weighted by Gasteiger charge is -2.30. The summed E-state index contributed by atoms with van der Waals surface area (Å²) in [6.07, 6.45) is 2.11. The van der Waals surface area contributed by atoms with Crippen molar-refractivity contribution in [3.63, 3.8) is 0 Å². The van der Waals surface area contributed by atoms with Crippen molar-refractivity contribution in [2.45, 2.75) is 32.4 Å². The molecule has 104 valence electrons. The third-order valence-electron chi connectivity index (χ3n) is 3.71. The molecule has 0 radical (unpaired) electrons. The van der Waals surface area contributed by atoms with Gasteiger partial charge in [0.25, 0.3) is 0 Å². The quantitative estimate of drug-likeness (QED) is 0.927. The summed E-state index contributed by atoms with van der Waals surface area (Å²) in [7, 11) is 1.88. The third kappa shape index (κ3) is 3.80. The maximum atomic E-state index is 12.4. The number of hydrogen-bond donors (Lipinski definition) is 1. The molecule has 1 aliphatic rings. The zero-order chi connectivity index (χ0) is 13.8. The predicted octanol–water partition coefficient (Wildman–Crippen LogP) is 2.80. The molecule has 0 aliphatic carbocycles. The fourth-order valence-corrected chi connectivity index (χ4v) is 2.93. The van der Waals surface area contributed by atoms with E-state index in [-0.39, 0.29) is 11.9 Å². The molecule has 1 amide bonds. The molecule has 2 unspecified atom stereocenters. The number of hydrogen-bond acceptors (Lipinski definition) is 2. The molecule has 1 aromatic carbocycles. The molecule has 0 bridgehead atoms. The van der Waals surface area contributed by atoms with E-state index < -0.39 is 0 Å². The Hall–Kier alpha value is -0.870. The van der Waals surface area contributed by atoms with Gasteiger partial charge in [-0.3, -0.25) is 4.79 Å². The molecular weight excluding hydrogens is 304 g/mol. The highest BCUT2D eigenvalue weighted by Crippen LogP contribution is 2.20. The third-order valence-corrected chi connectivity index (χ3v) is 4.48. The summed E-state index contributed by atoms with van der Waals surface area (Å²) in [6.45, 7) is 3.81. The molecule has 4 heteroatoms. The van der Waals surface area contributed by atoms with Gasteiger partial charge >= 0.3 is 0 Å². The number of benzene rings is 1. The van der Waals surface area contributed by atoms with Gasteiger partial charge in [0, 0.05) is 18.1 Å². The number of carbonyl (C=O) groups excluding carboxylic acids is 1. The number of carbonyl (C=O) groups is 1. The summed E-state index contributed by atoms with van der Waals surface area (Å²) >= 11 is 3.53. The van der Waals surface area contributed by atoms with Gasteiger partial charge in [-0.2, -0.15) is 0 Å². The van der Waals surface area contributed by atoms with E-state index in [4.69, 9.17) is 0 Å². The molecule has 1 aliphatic heterocycles. The van der Waals surface area contributed by atoms with Crippen molar-refractivity contribution in [1.29, 1.82) is 0 Å².